The van der Waals surface area contributed by atoms with Crippen molar-refractivity contribution in [3.63, 3.8) is 0 Å². The third-order valence-electron chi connectivity index (χ3n) is 5.00. The van der Waals surface area contributed by atoms with Gasteiger partial charge in [-0.25, -0.2) is 4.98 Å². The predicted molar refractivity (Wildman–Crippen MR) is 113 cm³/mol. The molecular formula is C22H25N3O2S. The summed E-state index contributed by atoms with van der Waals surface area (Å²) in [6.07, 6.45) is 3.01. The Balaban J connectivity index is 1.42. The SMILES string of the molecule is CCCCOc1ccc(CN2CCc3nc(-c4cccs4)[nH]c(=O)c3C2)cc1. The predicted octanol–water partition coefficient (Wildman–Crippen LogP) is 4.24. The fraction of sp³-hybridized carbons (Fsp3) is 0.364. The summed E-state index contributed by atoms with van der Waals surface area (Å²) in [5.41, 5.74) is 2.94. The van der Waals surface area contributed by atoms with Crippen LogP contribution in [0.1, 0.15) is 36.6 Å². The largest absolute Gasteiger partial charge is 0.494 e. The van der Waals surface area contributed by atoms with E-state index in [9.17, 15) is 4.79 Å². The standard InChI is InChI=1S/C22H25N3O2S/c1-2-3-12-27-17-8-6-16(7-9-17)14-25-11-10-19-18(15-25)22(26)24-21(23-19)20-5-4-13-28-20/h4-9,13H,2-3,10-12,14-15H2,1H3,(H,23,24,26). The molecule has 2 aromatic heterocycles. The summed E-state index contributed by atoms with van der Waals surface area (Å²) in [7, 11) is 0. The summed E-state index contributed by atoms with van der Waals surface area (Å²) >= 11 is 1.59. The number of hydrogen-bond acceptors (Lipinski definition) is 5. The fourth-order valence-corrected chi connectivity index (χ4v) is 4.10. The van der Waals surface area contributed by atoms with Crippen LogP contribution in [-0.2, 0) is 19.5 Å². The van der Waals surface area contributed by atoms with Gasteiger partial charge in [-0.3, -0.25) is 9.69 Å². The average molecular weight is 396 g/mol. The number of nitrogens with zero attached hydrogens (tertiary/aromatic N) is 2. The van der Waals surface area contributed by atoms with E-state index in [0.717, 1.165) is 60.8 Å². The molecule has 0 aliphatic carbocycles. The summed E-state index contributed by atoms with van der Waals surface area (Å²) in [6, 6.07) is 12.2. The van der Waals surface area contributed by atoms with E-state index in [2.05, 4.69) is 28.9 Å². The lowest BCUT2D eigenvalue weighted by atomic mass is 10.1. The highest BCUT2D eigenvalue weighted by molar-refractivity contribution is 7.13. The van der Waals surface area contributed by atoms with Gasteiger partial charge in [0.05, 0.1) is 22.7 Å². The van der Waals surface area contributed by atoms with Gasteiger partial charge in [0.25, 0.3) is 5.56 Å². The Kier molecular flexibility index (Phi) is 5.88. The van der Waals surface area contributed by atoms with Crippen molar-refractivity contribution in [2.75, 3.05) is 13.2 Å². The van der Waals surface area contributed by atoms with Gasteiger partial charge in [0.1, 0.15) is 5.75 Å². The second-order valence-corrected chi connectivity index (χ2v) is 8.07. The Morgan fingerprint density at radius 1 is 1.25 bits per heavy atom. The third-order valence-corrected chi connectivity index (χ3v) is 5.87. The van der Waals surface area contributed by atoms with Crippen LogP contribution < -0.4 is 10.3 Å². The van der Waals surface area contributed by atoms with Gasteiger partial charge in [0.2, 0.25) is 0 Å². The molecule has 0 fully saturated rings. The molecule has 0 bridgehead atoms. The molecule has 0 unspecified atom stereocenters. The molecule has 3 heterocycles. The van der Waals surface area contributed by atoms with Gasteiger partial charge in [-0.1, -0.05) is 31.5 Å². The van der Waals surface area contributed by atoms with Crippen LogP contribution in [-0.4, -0.2) is 28.0 Å². The molecule has 1 aromatic carbocycles. The maximum atomic E-state index is 12.6. The molecule has 0 atom stereocenters. The molecule has 1 N–H and O–H groups in total. The van der Waals surface area contributed by atoms with Crippen molar-refractivity contribution in [3.8, 4) is 16.5 Å². The van der Waals surface area contributed by atoms with E-state index in [1.807, 2.05) is 29.6 Å². The fourth-order valence-electron chi connectivity index (χ4n) is 3.43. The first-order valence-electron chi connectivity index (χ1n) is 9.83. The van der Waals surface area contributed by atoms with Crippen molar-refractivity contribution in [1.29, 1.82) is 0 Å². The first-order chi connectivity index (χ1) is 13.7. The van der Waals surface area contributed by atoms with Crippen molar-refractivity contribution in [2.45, 2.75) is 39.3 Å². The van der Waals surface area contributed by atoms with Crippen LogP contribution in [0.3, 0.4) is 0 Å². The summed E-state index contributed by atoms with van der Waals surface area (Å²) in [4.78, 5) is 23.6. The van der Waals surface area contributed by atoms with Crippen LogP contribution in [0, 0.1) is 0 Å². The highest BCUT2D eigenvalue weighted by Gasteiger charge is 2.21. The molecule has 3 aromatic rings. The molecule has 4 rings (SSSR count). The van der Waals surface area contributed by atoms with Crippen LogP contribution in [0.4, 0.5) is 0 Å². The number of unbranched alkanes of at least 4 members (excludes halogenated alkanes) is 1. The second kappa shape index (κ2) is 8.71. The van der Waals surface area contributed by atoms with Crippen LogP contribution >= 0.6 is 11.3 Å². The maximum Gasteiger partial charge on any atom is 0.255 e. The molecular weight excluding hydrogens is 370 g/mol. The van der Waals surface area contributed by atoms with E-state index in [4.69, 9.17) is 9.72 Å². The molecule has 0 amide bonds. The summed E-state index contributed by atoms with van der Waals surface area (Å²) in [5.74, 6) is 1.61. The number of ether oxygens (including phenoxy) is 1. The van der Waals surface area contributed by atoms with Crippen molar-refractivity contribution in [1.82, 2.24) is 14.9 Å². The summed E-state index contributed by atoms with van der Waals surface area (Å²) < 4.78 is 5.73. The minimum Gasteiger partial charge on any atom is -0.494 e. The monoisotopic (exact) mass is 395 g/mol. The number of aromatic nitrogens is 2. The second-order valence-electron chi connectivity index (χ2n) is 7.12. The number of H-pyrrole nitrogens is 1. The van der Waals surface area contributed by atoms with Crippen molar-refractivity contribution >= 4 is 11.3 Å². The van der Waals surface area contributed by atoms with Gasteiger partial charge in [0.15, 0.2) is 5.82 Å². The van der Waals surface area contributed by atoms with E-state index < -0.39 is 0 Å². The Hall–Kier alpha value is -2.44. The molecule has 0 radical (unpaired) electrons. The average Bonchev–Trinajstić information content (AvgIpc) is 3.25. The highest BCUT2D eigenvalue weighted by Crippen LogP contribution is 2.23. The zero-order valence-corrected chi connectivity index (χ0v) is 16.9. The Bertz CT molecular complexity index is 964. The number of thiophene rings is 1. The minimum atomic E-state index is -0.0160. The van der Waals surface area contributed by atoms with E-state index >= 15 is 0 Å². The quantitative estimate of drug-likeness (QED) is 0.608. The Morgan fingerprint density at radius 3 is 2.86 bits per heavy atom. The Morgan fingerprint density at radius 2 is 2.11 bits per heavy atom. The van der Waals surface area contributed by atoms with Gasteiger partial charge >= 0.3 is 0 Å². The highest BCUT2D eigenvalue weighted by atomic mass is 32.1. The van der Waals surface area contributed by atoms with Crippen LogP contribution in [0.2, 0.25) is 0 Å². The number of hydrogen-bond donors (Lipinski definition) is 1. The van der Waals surface area contributed by atoms with Crippen LogP contribution in [0.5, 0.6) is 5.75 Å². The van der Waals surface area contributed by atoms with Gasteiger partial charge in [0, 0.05) is 26.1 Å². The topological polar surface area (TPSA) is 58.2 Å². The zero-order valence-electron chi connectivity index (χ0n) is 16.1. The zero-order chi connectivity index (χ0) is 19.3. The van der Waals surface area contributed by atoms with Crippen molar-refractivity contribution in [2.24, 2.45) is 0 Å². The molecule has 1 aliphatic heterocycles. The minimum absolute atomic E-state index is 0.0160. The van der Waals surface area contributed by atoms with Crippen LogP contribution in [0.25, 0.3) is 10.7 Å². The van der Waals surface area contributed by atoms with E-state index in [1.165, 1.54) is 5.56 Å². The van der Waals surface area contributed by atoms with Gasteiger partial charge < -0.3 is 9.72 Å². The molecule has 28 heavy (non-hydrogen) atoms. The number of rotatable bonds is 7. The van der Waals surface area contributed by atoms with E-state index in [-0.39, 0.29) is 5.56 Å². The van der Waals surface area contributed by atoms with E-state index in [0.29, 0.717) is 12.4 Å². The van der Waals surface area contributed by atoms with Gasteiger partial charge in [-0.05, 0) is 35.6 Å². The Labute approximate surface area is 169 Å². The molecule has 0 spiro atoms. The lowest BCUT2D eigenvalue weighted by Gasteiger charge is -2.27. The molecule has 146 valence electrons. The molecule has 0 saturated heterocycles. The first kappa shape index (κ1) is 18.9. The number of aromatic amines is 1. The first-order valence-corrected chi connectivity index (χ1v) is 10.7. The molecule has 0 saturated carbocycles. The van der Waals surface area contributed by atoms with Gasteiger partial charge in [-0.15, -0.1) is 11.3 Å². The van der Waals surface area contributed by atoms with E-state index in [1.54, 1.807) is 11.3 Å². The number of fused-ring (bicyclic) bond motifs is 1. The lowest BCUT2D eigenvalue weighted by molar-refractivity contribution is 0.241. The summed E-state index contributed by atoms with van der Waals surface area (Å²) in [5, 5.41) is 2.00. The summed E-state index contributed by atoms with van der Waals surface area (Å²) in [6.45, 7) is 5.29. The van der Waals surface area contributed by atoms with Crippen molar-refractivity contribution in [3.05, 3.63) is 69.0 Å². The number of nitrogens with one attached hydrogen (secondary N) is 1. The molecule has 6 heteroatoms. The maximum absolute atomic E-state index is 12.6. The lowest BCUT2D eigenvalue weighted by Crippen LogP contribution is -2.35. The third kappa shape index (κ3) is 4.34. The molecule has 5 nitrogen and oxygen atoms in total. The van der Waals surface area contributed by atoms with Gasteiger partial charge in [-0.2, -0.15) is 0 Å². The normalized spacial score (nSPS) is 14.0. The smallest absolute Gasteiger partial charge is 0.255 e. The molecule has 1 aliphatic rings. The van der Waals surface area contributed by atoms with Crippen molar-refractivity contribution < 1.29 is 4.74 Å². The van der Waals surface area contributed by atoms with Crippen LogP contribution in [0.15, 0.2) is 46.6 Å². The number of benzene rings is 1.